The summed E-state index contributed by atoms with van der Waals surface area (Å²) in [6.45, 7) is 3.38. The Labute approximate surface area is 131 Å². The third kappa shape index (κ3) is 3.59. The number of nitro groups is 1. The molecule has 0 saturated heterocycles. The third-order valence-corrected chi connectivity index (χ3v) is 3.36. The SMILES string of the molecule is Cc1nc(Cl)nc(NC(C)c2ccc(Cl)cc2)c1[N+](=O)[O-]. The number of rotatable bonds is 4. The molecule has 2 aromatic rings. The molecular weight excluding hydrogens is 315 g/mol. The van der Waals surface area contributed by atoms with Crippen molar-refractivity contribution in [2.45, 2.75) is 19.9 Å². The van der Waals surface area contributed by atoms with E-state index in [2.05, 4.69) is 15.3 Å². The minimum absolute atomic E-state index is 0.0380. The molecule has 0 aliphatic heterocycles. The first-order valence-electron chi connectivity index (χ1n) is 6.09. The van der Waals surface area contributed by atoms with Gasteiger partial charge in [0.05, 0.1) is 11.0 Å². The number of nitrogens with zero attached hydrogens (tertiary/aromatic N) is 3. The number of anilines is 1. The Balaban J connectivity index is 2.34. The first-order chi connectivity index (χ1) is 9.88. The fourth-order valence-corrected chi connectivity index (χ4v) is 2.23. The third-order valence-electron chi connectivity index (χ3n) is 2.94. The summed E-state index contributed by atoms with van der Waals surface area (Å²) in [5, 5.41) is 14.7. The fourth-order valence-electron chi connectivity index (χ4n) is 1.89. The van der Waals surface area contributed by atoms with Gasteiger partial charge in [-0.05, 0) is 43.1 Å². The average Bonchev–Trinajstić information content (AvgIpc) is 2.37. The second-order valence-corrected chi connectivity index (χ2v) is 5.22. The average molecular weight is 327 g/mol. The summed E-state index contributed by atoms with van der Waals surface area (Å²) >= 11 is 11.6. The second-order valence-electron chi connectivity index (χ2n) is 4.45. The van der Waals surface area contributed by atoms with Crippen molar-refractivity contribution in [3.8, 4) is 0 Å². The normalized spacial score (nSPS) is 12.0. The lowest BCUT2D eigenvalue weighted by molar-refractivity contribution is -0.385. The van der Waals surface area contributed by atoms with E-state index in [0.717, 1.165) is 5.56 Å². The highest BCUT2D eigenvalue weighted by molar-refractivity contribution is 6.30. The van der Waals surface area contributed by atoms with Crippen molar-refractivity contribution in [2.24, 2.45) is 0 Å². The van der Waals surface area contributed by atoms with Crippen molar-refractivity contribution in [3.63, 3.8) is 0 Å². The molecule has 0 bridgehead atoms. The molecule has 0 amide bonds. The zero-order valence-corrected chi connectivity index (χ0v) is 12.8. The first-order valence-corrected chi connectivity index (χ1v) is 6.84. The van der Waals surface area contributed by atoms with Gasteiger partial charge in [0.25, 0.3) is 0 Å². The molecule has 0 fully saturated rings. The van der Waals surface area contributed by atoms with Crippen LogP contribution in [0.15, 0.2) is 24.3 Å². The number of benzene rings is 1. The number of nitrogens with one attached hydrogen (secondary N) is 1. The van der Waals surface area contributed by atoms with Crippen LogP contribution >= 0.6 is 23.2 Å². The van der Waals surface area contributed by atoms with Crippen molar-refractivity contribution < 1.29 is 4.92 Å². The lowest BCUT2D eigenvalue weighted by atomic mass is 10.1. The van der Waals surface area contributed by atoms with Crippen molar-refractivity contribution in [2.75, 3.05) is 5.32 Å². The van der Waals surface area contributed by atoms with Gasteiger partial charge in [0.1, 0.15) is 5.69 Å². The van der Waals surface area contributed by atoms with Crippen LogP contribution in [0.3, 0.4) is 0 Å². The number of aromatic nitrogens is 2. The van der Waals surface area contributed by atoms with Gasteiger partial charge in [-0.2, -0.15) is 4.98 Å². The predicted molar refractivity (Wildman–Crippen MR) is 81.9 cm³/mol. The highest BCUT2D eigenvalue weighted by Gasteiger charge is 2.23. The van der Waals surface area contributed by atoms with Crippen LogP contribution in [0, 0.1) is 17.0 Å². The van der Waals surface area contributed by atoms with Gasteiger partial charge in [0.2, 0.25) is 11.1 Å². The van der Waals surface area contributed by atoms with Crippen molar-refractivity contribution in [1.29, 1.82) is 0 Å². The van der Waals surface area contributed by atoms with E-state index in [1.54, 1.807) is 12.1 Å². The molecule has 1 unspecified atom stereocenters. The maximum atomic E-state index is 11.1. The van der Waals surface area contributed by atoms with Crippen molar-refractivity contribution in [3.05, 3.63) is 55.9 Å². The minimum atomic E-state index is -0.525. The molecule has 1 atom stereocenters. The summed E-state index contributed by atoms with van der Waals surface area (Å²) < 4.78 is 0. The van der Waals surface area contributed by atoms with Crippen LogP contribution < -0.4 is 5.32 Å². The van der Waals surface area contributed by atoms with Gasteiger partial charge in [-0.1, -0.05) is 23.7 Å². The second kappa shape index (κ2) is 6.24. The van der Waals surface area contributed by atoms with E-state index >= 15 is 0 Å². The van der Waals surface area contributed by atoms with Crippen molar-refractivity contribution >= 4 is 34.7 Å². The van der Waals surface area contributed by atoms with Gasteiger partial charge in [0.15, 0.2) is 0 Å². The van der Waals surface area contributed by atoms with E-state index < -0.39 is 4.92 Å². The Morgan fingerprint density at radius 1 is 1.24 bits per heavy atom. The summed E-state index contributed by atoms with van der Waals surface area (Å²) in [7, 11) is 0. The fraction of sp³-hybridized carbons (Fsp3) is 0.231. The molecule has 2 rings (SSSR count). The molecule has 1 N–H and O–H groups in total. The van der Waals surface area contributed by atoms with E-state index in [1.807, 2.05) is 19.1 Å². The zero-order chi connectivity index (χ0) is 15.6. The van der Waals surface area contributed by atoms with Crippen LogP contribution in [0.2, 0.25) is 10.3 Å². The monoisotopic (exact) mass is 326 g/mol. The summed E-state index contributed by atoms with van der Waals surface area (Å²) in [6.07, 6.45) is 0. The quantitative estimate of drug-likeness (QED) is 0.518. The molecule has 0 spiro atoms. The molecule has 6 nitrogen and oxygen atoms in total. The zero-order valence-electron chi connectivity index (χ0n) is 11.3. The lowest BCUT2D eigenvalue weighted by Crippen LogP contribution is -2.11. The molecule has 1 aromatic heterocycles. The van der Waals surface area contributed by atoms with Gasteiger partial charge in [0, 0.05) is 5.02 Å². The van der Waals surface area contributed by atoms with Gasteiger partial charge in [-0.15, -0.1) is 0 Å². The van der Waals surface area contributed by atoms with Crippen LogP contribution in [0.25, 0.3) is 0 Å². The van der Waals surface area contributed by atoms with Gasteiger partial charge in [-0.3, -0.25) is 10.1 Å². The molecule has 21 heavy (non-hydrogen) atoms. The highest BCUT2D eigenvalue weighted by atomic mass is 35.5. The van der Waals surface area contributed by atoms with Crippen LogP contribution in [-0.4, -0.2) is 14.9 Å². The van der Waals surface area contributed by atoms with Crippen LogP contribution in [-0.2, 0) is 0 Å². The lowest BCUT2D eigenvalue weighted by Gasteiger charge is -2.15. The summed E-state index contributed by atoms with van der Waals surface area (Å²) in [5.74, 6) is 0.0972. The Bertz CT molecular complexity index is 677. The van der Waals surface area contributed by atoms with Gasteiger partial charge >= 0.3 is 5.69 Å². The number of halogens is 2. The van der Waals surface area contributed by atoms with Crippen LogP contribution in [0.1, 0.15) is 24.2 Å². The maximum absolute atomic E-state index is 11.1. The molecule has 0 aliphatic carbocycles. The molecular formula is C13H12Cl2N4O2. The molecule has 1 aromatic carbocycles. The molecule has 0 aliphatic rings. The topological polar surface area (TPSA) is 81.0 Å². The highest BCUT2D eigenvalue weighted by Crippen LogP contribution is 2.29. The molecule has 8 heteroatoms. The number of aryl methyl sites for hydroxylation is 1. The largest absolute Gasteiger partial charge is 0.358 e. The molecule has 0 saturated carbocycles. The Morgan fingerprint density at radius 2 is 1.86 bits per heavy atom. The van der Waals surface area contributed by atoms with E-state index in [-0.39, 0.29) is 28.5 Å². The van der Waals surface area contributed by atoms with E-state index in [0.29, 0.717) is 5.02 Å². The molecule has 1 heterocycles. The number of hydrogen-bond acceptors (Lipinski definition) is 5. The summed E-state index contributed by atoms with van der Waals surface area (Å²) in [6, 6.07) is 6.97. The molecule has 110 valence electrons. The minimum Gasteiger partial charge on any atom is -0.358 e. The van der Waals surface area contributed by atoms with Crippen molar-refractivity contribution in [1.82, 2.24) is 9.97 Å². The van der Waals surface area contributed by atoms with E-state index in [4.69, 9.17) is 23.2 Å². The Kier molecular flexibility index (Phi) is 4.59. The maximum Gasteiger partial charge on any atom is 0.332 e. The Morgan fingerprint density at radius 3 is 2.43 bits per heavy atom. The predicted octanol–water partition coefficient (Wildman–Crippen LogP) is 4.17. The molecule has 0 radical (unpaired) electrons. The van der Waals surface area contributed by atoms with Gasteiger partial charge in [-0.25, -0.2) is 4.98 Å². The summed E-state index contributed by atoms with van der Waals surface area (Å²) in [4.78, 5) is 18.3. The van der Waals surface area contributed by atoms with Crippen LogP contribution in [0.5, 0.6) is 0 Å². The first kappa shape index (κ1) is 15.5. The Hall–Kier alpha value is -1.92. The standard InChI is InChI=1S/C13H12Cl2N4O2/c1-7(9-3-5-10(14)6-4-9)16-12-11(19(20)21)8(2)17-13(15)18-12/h3-7H,1-2H3,(H,16,17,18). The van der Waals surface area contributed by atoms with E-state index in [9.17, 15) is 10.1 Å². The number of hydrogen-bond donors (Lipinski definition) is 1. The summed E-state index contributed by atoms with van der Waals surface area (Å²) in [5.41, 5.74) is 0.951. The van der Waals surface area contributed by atoms with E-state index in [1.165, 1.54) is 6.92 Å². The van der Waals surface area contributed by atoms with Gasteiger partial charge < -0.3 is 5.32 Å². The smallest absolute Gasteiger partial charge is 0.332 e. The van der Waals surface area contributed by atoms with Crippen LogP contribution in [0.4, 0.5) is 11.5 Å².